The van der Waals surface area contributed by atoms with E-state index in [4.69, 9.17) is 4.74 Å². The Morgan fingerprint density at radius 2 is 2.30 bits per heavy atom. The highest BCUT2D eigenvalue weighted by Gasteiger charge is 2.24. The van der Waals surface area contributed by atoms with Crippen LogP contribution < -0.4 is 4.90 Å². The molecule has 0 aliphatic carbocycles. The monoisotopic (exact) mass is 334 g/mol. The maximum atomic E-state index is 13.9. The number of hydrogen-bond acceptors (Lipinski definition) is 5. The Balaban J connectivity index is 1.77. The van der Waals surface area contributed by atoms with Crippen molar-refractivity contribution in [3.8, 4) is 0 Å². The molecule has 2 aromatic rings. The van der Waals surface area contributed by atoms with Crippen molar-refractivity contribution in [3.63, 3.8) is 0 Å². The molecule has 0 radical (unpaired) electrons. The molecule has 0 bridgehead atoms. The summed E-state index contributed by atoms with van der Waals surface area (Å²) in [7, 11) is 0. The number of esters is 1. The fourth-order valence-corrected chi connectivity index (χ4v) is 3.12. The van der Waals surface area contributed by atoms with Crippen molar-refractivity contribution >= 4 is 28.9 Å². The van der Waals surface area contributed by atoms with Crippen LogP contribution in [0.1, 0.15) is 33.8 Å². The van der Waals surface area contributed by atoms with E-state index in [0.29, 0.717) is 18.7 Å². The van der Waals surface area contributed by atoms with Crippen LogP contribution in [0.3, 0.4) is 0 Å². The zero-order chi connectivity index (χ0) is 16.4. The van der Waals surface area contributed by atoms with Gasteiger partial charge in [0, 0.05) is 18.7 Å². The van der Waals surface area contributed by atoms with Gasteiger partial charge in [0.25, 0.3) is 0 Å². The number of carbonyl (C=O) groups excluding carboxylic acids is 2. The fourth-order valence-electron chi connectivity index (χ4n) is 2.43. The highest BCUT2D eigenvalue weighted by atomic mass is 32.1. The van der Waals surface area contributed by atoms with Crippen molar-refractivity contribution in [2.45, 2.75) is 26.4 Å². The van der Waals surface area contributed by atoms with E-state index in [-0.39, 0.29) is 18.1 Å². The number of amides is 1. The molecule has 1 saturated heterocycles. The number of carbonyl (C=O) groups is 2. The number of anilines is 1. The van der Waals surface area contributed by atoms with E-state index in [1.807, 2.05) is 6.92 Å². The minimum Gasteiger partial charge on any atom is -0.456 e. The van der Waals surface area contributed by atoms with Crippen molar-refractivity contribution in [2.75, 3.05) is 11.4 Å². The lowest BCUT2D eigenvalue weighted by Crippen LogP contribution is -2.24. The molecule has 1 fully saturated rings. The van der Waals surface area contributed by atoms with Gasteiger partial charge in [-0.05, 0) is 31.5 Å². The van der Waals surface area contributed by atoms with Gasteiger partial charge in [-0.15, -0.1) is 11.3 Å². The average molecular weight is 334 g/mol. The van der Waals surface area contributed by atoms with Gasteiger partial charge in [-0.3, -0.25) is 4.79 Å². The third-order valence-electron chi connectivity index (χ3n) is 3.73. The third kappa shape index (κ3) is 3.24. The molecule has 0 atom stereocenters. The number of thiazole rings is 1. The van der Waals surface area contributed by atoms with Gasteiger partial charge in [0.15, 0.2) is 0 Å². The van der Waals surface area contributed by atoms with Crippen LogP contribution in [0, 0.1) is 12.7 Å². The molecule has 1 aliphatic rings. The number of benzene rings is 1. The molecule has 23 heavy (non-hydrogen) atoms. The second-order valence-electron chi connectivity index (χ2n) is 5.25. The maximum Gasteiger partial charge on any atom is 0.341 e. The zero-order valence-corrected chi connectivity index (χ0v) is 13.4. The topological polar surface area (TPSA) is 59.5 Å². The van der Waals surface area contributed by atoms with Gasteiger partial charge in [0.05, 0.1) is 21.6 Å². The van der Waals surface area contributed by atoms with Crippen LogP contribution in [-0.4, -0.2) is 23.4 Å². The first-order chi connectivity index (χ1) is 11.1. The lowest BCUT2D eigenvalue weighted by Gasteiger charge is -2.16. The highest BCUT2D eigenvalue weighted by molar-refractivity contribution is 7.09. The minimum absolute atomic E-state index is 0.0174. The summed E-state index contributed by atoms with van der Waals surface area (Å²) in [5.41, 5.74) is 2.82. The number of hydrogen-bond donors (Lipinski definition) is 0. The van der Waals surface area contributed by atoms with E-state index in [1.165, 1.54) is 29.5 Å². The summed E-state index contributed by atoms with van der Waals surface area (Å²) >= 11 is 1.38. The number of ether oxygens (including phenoxy) is 1. The van der Waals surface area contributed by atoms with Gasteiger partial charge in [0.1, 0.15) is 12.4 Å². The smallest absolute Gasteiger partial charge is 0.341 e. The SMILES string of the molecule is Cc1ncsc1COC(=O)c1cc(N2CCCC2=O)ccc1F. The molecule has 5 nitrogen and oxygen atoms in total. The molecule has 1 aliphatic heterocycles. The molecule has 1 aromatic heterocycles. The number of aryl methyl sites for hydroxylation is 1. The van der Waals surface area contributed by atoms with E-state index in [1.54, 1.807) is 10.4 Å². The molecule has 0 unspecified atom stereocenters. The van der Waals surface area contributed by atoms with Crippen molar-refractivity contribution in [1.82, 2.24) is 4.98 Å². The predicted octanol–water partition coefficient (Wildman–Crippen LogP) is 3.07. The lowest BCUT2D eigenvalue weighted by molar-refractivity contribution is -0.117. The first-order valence-electron chi connectivity index (χ1n) is 7.22. The average Bonchev–Trinajstić information content (AvgIpc) is 3.14. The van der Waals surface area contributed by atoms with Crippen molar-refractivity contribution in [2.24, 2.45) is 0 Å². The molecule has 2 heterocycles. The Kier molecular flexibility index (Phi) is 4.38. The molecule has 0 saturated carbocycles. The Morgan fingerprint density at radius 1 is 1.48 bits per heavy atom. The molecule has 3 rings (SSSR count). The predicted molar refractivity (Wildman–Crippen MR) is 84.0 cm³/mol. The molecule has 7 heteroatoms. The number of nitrogens with zero attached hydrogens (tertiary/aromatic N) is 2. The summed E-state index contributed by atoms with van der Waals surface area (Å²) in [4.78, 5) is 30.4. The minimum atomic E-state index is -0.746. The summed E-state index contributed by atoms with van der Waals surface area (Å²) in [6.45, 7) is 2.46. The molecule has 1 aromatic carbocycles. The van der Waals surface area contributed by atoms with Gasteiger partial charge in [-0.25, -0.2) is 14.2 Å². The van der Waals surface area contributed by atoms with Crippen LogP contribution in [0.4, 0.5) is 10.1 Å². The Morgan fingerprint density at radius 3 is 2.96 bits per heavy atom. The third-order valence-corrected chi connectivity index (χ3v) is 4.64. The van der Waals surface area contributed by atoms with Gasteiger partial charge in [0.2, 0.25) is 5.91 Å². The molecule has 0 spiro atoms. The molecule has 120 valence electrons. The van der Waals surface area contributed by atoms with Crippen LogP contribution in [0.5, 0.6) is 0 Å². The van der Waals surface area contributed by atoms with Gasteiger partial charge < -0.3 is 9.64 Å². The standard InChI is InChI=1S/C16H15FN2O3S/c1-10-14(23-9-18-10)8-22-16(21)12-7-11(4-5-13(12)17)19-6-2-3-15(19)20/h4-5,7,9H,2-3,6,8H2,1H3. The Bertz CT molecular complexity index is 760. The van der Waals surface area contributed by atoms with Gasteiger partial charge in [-0.2, -0.15) is 0 Å². The second-order valence-corrected chi connectivity index (χ2v) is 6.19. The first-order valence-corrected chi connectivity index (χ1v) is 8.10. The van der Waals surface area contributed by atoms with Gasteiger partial charge >= 0.3 is 5.97 Å². The normalized spacial score (nSPS) is 14.3. The van der Waals surface area contributed by atoms with Crippen LogP contribution in [-0.2, 0) is 16.1 Å². The molecule has 0 N–H and O–H groups in total. The fraction of sp³-hybridized carbons (Fsp3) is 0.312. The molecular weight excluding hydrogens is 319 g/mol. The van der Waals surface area contributed by atoms with Crippen LogP contribution in [0.25, 0.3) is 0 Å². The van der Waals surface area contributed by atoms with E-state index in [0.717, 1.165) is 17.0 Å². The summed E-state index contributed by atoms with van der Waals surface area (Å²) in [6, 6.07) is 4.07. The van der Waals surface area contributed by atoms with Crippen LogP contribution >= 0.6 is 11.3 Å². The van der Waals surface area contributed by atoms with Crippen molar-refractivity contribution < 1.29 is 18.7 Å². The summed E-state index contributed by atoms with van der Waals surface area (Å²) in [6.07, 6.45) is 1.24. The van der Waals surface area contributed by atoms with Crippen LogP contribution in [0.15, 0.2) is 23.7 Å². The lowest BCUT2D eigenvalue weighted by atomic mass is 10.1. The van der Waals surface area contributed by atoms with E-state index < -0.39 is 11.8 Å². The molecule has 1 amide bonds. The second kappa shape index (κ2) is 6.45. The van der Waals surface area contributed by atoms with E-state index in [9.17, 15) is 14.0 Å². The highest BCUT2D eigenvalue weighted by Crippen LogP contribution is 2.24. The van der Waals surface area contributed by atoms with E-state index in [2.05, 4.69) is 4.98 Å². The summed E-state index contributed by atoms with van der Waals surface area (Å²) in [5.74, 6) is -1.42. The quantitative estimate of drug-likeness (QED) is 0.806. The van der Waals surface area contributed by atoms with Crippen molar-refractivity contribution in [1.29, 1.82) is 0 Å². The van der Waals surface area contributed by atoms with Crippen molar-refractivity contribution in [3.05, 3.63) is 45.7 Å². The van der Waals surface area contributed by atoms with E-state index >= 15 is 0 Å². The van der Waals surface area contributed by atoms with Gasteiger partial charge in [-0.1, -0.05) is 0 Å². The largest absolute Gasteiger partial charge is 0.456 e. The number of rotatable bonds is 4. The van der Waals surface area contributed by atoms with Crippen LogP contribution in [0.2, 0.25) is 0 Å². The Hall–Kier alpha value is -2.28. The summed E-state index contributed by atoms with van der Waals surface area (Å²) < 4.78 is 19.1. The molecular formula is C16H15FN2O3S. The number of halogens is 1. The summed E-state index contributed by atoms with van der Waals surface area (Å²) in [5, 5.41) is 0. The number of aromatic nitrogens is 1. The zero-order valence-electron chi connectivity index (χ0n) is 12.5. The first kappa shape index (κ1) is 15.6. The Labute approximate surface area is 136 Å². The maximum absolute atomic E-state index is 13.9.